The molecule has 8 nitrogen and oxygen atoms in total. The predicted octanol–water partition coefficient (Wildman–Crippen LogP) is 2.67. The third-order valence-corrected chi connectivity index (χ3v) is 5.42. The Morgan fingerprint density at radius 2 is 1.75 bits per heavy atom. The van der Waals surface area contributed by atoms with E-state index in [-0.39, 0.29) is 34.4 Å². The molecule has 1 amide bonds. The van der Waals surface area contributed by atoms with Gasteiger partial charge in [-0.25, -0.2) is 26.7 Å². The van der Waals surface area contributed by atoms with Gasteiger partial charge in [-0.2, -0.15) is 0 Å². The molecule has 0 radical (unpaired) electrons. The summed E-state index contributed by atoms with van der Waals surface area (Å²) >= 11 is 0. The molecule has 0 spiro atoms. The normalized spacial score (nSPS) is 11.6. The second-order valence-electron chi connectivity index (χ2n) is 6.79. The zero-order valence-electron chi connectivity index (χ0n) is 16.1. The van der Waals surface area contributed by atoms with Gasteiger partial charge >= 0.3 is 0 Å². The second-order valence-corrected chi connectivity index (χ2v) is 8.32. The highest BCUT2D eigenvalue weighted by Gasteiger charge is 2.20. The maximum absolute atomic E-state index is 14.0. The molecule has 0 aliphatic rings. The lowest BCUT2D eigenvalue weighted by atomic mass is 10.1. The summed E-state index contributed by atoms with van der Waals surface area (Å²) in [5.74, 6) is -2.99. The SMILES string of the molecule is NS(=O)(=O)c1cc(NC(=O)Cc2ccccc2F)ccc1-n1nc2cc(F)cc(F)c2n1. The first kappa shape index (κ1) is 21.5. The number of halogens is 3. The Labute approximate surface area is 179 Å². The number of carbonyl (C=O) groups is 1. The molecule has 0 aliphatic heterocycles. The van der Waals surface area contributed by atoms with E-state index >= 15 is 0 Å². The Hall–Kier alpha value is -3.77. The fraction of sp³-hybridized carbons (Fsp3) is 0.0500. The van der Waals surface area contributed by atoms with Crippen LogP contribution in [0.3, 0.4) is 0 Å². The van der Waals surface area contributed by atoms with Crippen LogP contribution in [0.2, 0.25) is 0 Å². The lowest BCUT2D eigenvalue weighted by Crippen LogP contribution is -2.19. The van der Waals surface area contributed by atoms with Gasteiger partial charge in [0.05, 0.1) is 6.42 Å². The summed E-state index contributed by atoms with van der Waals surface area (Å²) in [6.45, 7) is 0. The number of nitrogens with zero attached hydrogens (tertiary/aromatic N) is 3. The lowest BCUT2D eigenvalue weighted by Gasteiger charge is -2.11. The molecule has 12 heteroatoms. The van der Waals surface area contributed by atoms with Crippen LogP contribution in [0.25, 0.3) is 16.7 Å². The minimum Gasteiger partial charge on any atom is -0.326 e. The van der Waals surface area contributed by atoms with E-state index in [2.05, 4.69) is 15.5 Å². The minimum atomic E-state index is -4.34. The highest BCUT2D eigenvalue weighted by Crippen LogP contribution is 2.25. The van der Waals surface area contributed by atoms with Gasteiger partial charge in [-0.3, -0.25) is 4.79 Å². The third-order valence-electron chi connectivity index (χ3n) is 4.48. The maximum atomic E-state index is 14.0. The number of benzene rings is 3. The van der Waals surface area contributed by atoms with Crippen LogP contribution in [0, 0.1) is 17.5 Å². The number of hydrogen-bond acceptors (Lipinski definition) is 5. The average Bonchev–Trinajstić information content (AvgIpc) is 3.13. The monoisotopic (exact) mass is 461 g/mol. The molecule has 32 heavy (non-hydrogen) atoms. The van der Waals surface area contributed by atoms with E-state index in [1.54, 1.807) is 6.07 Å². The summed E-state index contributed by atoms with van der Waals surface area (Å²) in [5, 5.41) is 15.5. The molecule has 0 saturated heterocycles. The first-order valence-corrected chi connectivity index (χ1v) is 10.6. The van der Waals surface area contributed by atoms with Crippen LogP contribution < -0.4 is 10.5 Å². The van der Waals surface area contributed by atoms with E-state index in [1.165, 1.54) is 30.3 Å². The van der Waals surface area contributed by atoms with Crippen molar-refractivity contribution in [2.24, 2.45) is 5.14 Å². The number of rotatable bonds is 5. The van der Waals surface area contributed by atoms with E-state index in [0.717, 1.165) is 16.9 Å². The fourth-order valence-corrected chi connectivity index (χ4v) is 3.79. The van der Waals surface area contributed by atoms with Crippen LogP contribution in [0.5, 0.6) is 0 Å². The van der Waals surface area contributed by atoms with Gasteiger partial charge in [0.15, 0.2) is 5.82 Å². The topological polar surface area (TPSA) is 120 Å². The fourth-order valence-electron chi connectivity index (χ4n) is 3.06. The van der Waals surface area contributed by atoms with Gasteiger partial charge in [-0.1, -0.05) is 18.2 Å². The van der Waals surface area contributed by atoms with E-state index < -0.39 is 38.3 Å². The molecule has 4 rings (SSSR count). The second kappa shape index (κ2) is 8.05. The third kappa shape index (κ3) is 4.31. The first-order chi connectivity index (χ1) is 15.1. The summed E-state index contributed by atoms with van der Waals surface area (Å²) < 4.78 is 65.4. The number of primary sulfonamides is 1. The van der Waals surface area contributed by atoms with Crippen LogP contribution in [-0.4, -0.2) is 29.3 Å². The molecule has 3 N–H and O–H groups in total. The van der Waals surface area contributed by atoms with Crippen LogP contribution in [-0.2, 0) is 21.2 Å². The molecule has 1 heterocycles. The molecule has 1 aromatic heterocycles. The van der Waals surface area contributed by atoms with E-state index in [0.29, 0.717) is 6.07 Å². The number of nitrogens with two attached hydrogens (primary N) is 1. The van der Waals surface area contributed by atoms with Gasteiger partial charge in [0.2, 0.25) is 15.9 Å². The summed E-state index contributed by atoms with van der Waals surface area (Å²) in [7, 11) is -4.34. The van der Waals surface area contributed by atoms with Crippen LogP contribution >= 0.6 is 0 Å². The molecule has 0 bridgehead atoms. The summed E-state index contributed by atoms with van der Waals surface area (Å²) in [6, 6.07) is 10.9. The Kier molecular flexibility index (Phi) is 5.40. The maximum Gasteiger partial charge on any atom is 0.240 e. The highest BCUT2D eigenvalue weighted by molar-refractivity contribution is 7.89. The number of nitrogens with one attached hydrogen (secondary N) is 1. The predicted molar refractivity (Wildman–Crippen MR) is 109 cm³/mol. The molecule has 4 aromatic rings. The molecule has 164 valence electrons. The van der Waals surface area contributed by atoms with Crippen molar-refractivity contribution in [3.8, 4) is 5.69 Å². The van der Waals surface area contributed by atoms with Crippen LogP contribution in [0.15, 0.2) is 59.5 Å². The summed E-state index contributed by atoms with van der Waals surface area (Å²) in [4.78, 5) is 12.6. The quantitative estimate of drug-likeness (QED) is 0.474. The molecule has 0 atom stereocenters. The highest BCUT2D eigenvalue weighted by atomic mass is 32.2. The van der Waals surface area contributed by atoms with Gasteiger partial charge in [0.25, 0.3) is 0 Å². The van der Waals surface area contributed by atoms with Crippen molar-refractivity contribution in [2.45, 2.75) is 11.3 Å². The average molecular weight is 461 g/mol. The van der Waals surface area contributed by atoms with Crippen molar-refractivity contribution in [3.63, 3.8) is 0 Å². The Balaban J connectivity index is 1.69. The Morgan fingerprint density at radius 1 is 1.00 bits per heavy atom. The number of amides is 1. The number of sulfonamides is 1. The zero-order valence-corrected chi connectivity index (χ0v) is 16.9. The van der Waals surface area contributed by atoms with Gasteiger partial charge in [0.1, 0.15) is 33.3 Å². The summed E-state index contributed by atoms with van der Waals surface area (Å²) in [6.07, 6.45) is -0.282. The van der Waals surface area contributed by atoms with Crippen molar-refractivity contribution >= 4 is 32.7 Å². The van der Waals surface area contributed by atoms with Crippen molar-refractivity contribution < 1.29 is 26.4 Å². The van der Waals surface area contributed by atoms with E-state index in [4.69, 9.17) is 5.14 Å². The molecule has 0 aliphatic carbocycles. The first-order valence-electron chi connectivity index (χ1n) is 9.04. The van der Waals surface area contributed by atoms with Gasteiger partial charge in [-0.05, 0) is 29.8 Å². The molecule has 3 aromatic carbocycles. The molecule has 0 unspecified atom stereocenters. The number of carbonyl (C=O) groups excluding carboxylic acids is 1. The van der Waals surface area contributed by atoms with Crippen molar-refractivity contribution in [3.05, 3.63) is 77.6 Å². The van der Waals surface area contributed by atoms with Crippen molar-refractivity contribution in [1.29, 1.82) is 0 Å². The Bertz CT molecular complexity index is 1470. The lowest BCUT2D eigenvalue weighted by molar-refractivity contribution is -0.115. The molecular formula is C20H14F3N5O3S. The number of aromatic nitrogens is 3. The zero-order chi connectivity index (χ0) is 23.0. The molecule has 0 fully saturated rings. The van der Waals surface area contributed by atoms with E-state index in [1.807, 2.05) is 0 Å². The smallest absolute Gasteiger partial charge is 0.240 e. The van der Waals surface area contributed by atoms with Gasteiger partial charge in [0, 0.05) is 17.8 Å². The van der Waals surface area contributed by atoms with Crippen LogP contribution in [0.4, 0.5) is 18.9 Å². The van der Waals surface area contributed by atoms with Crippen LogP contribution in [0.1, 0.15) is 5.56 Å². The van der Waals surface area contributed by atoms with Gasteiger partial charge < -0.3 is 5.32 Å². The largest absolute Gasteiger partial charge is 0.326 e. The standard InChI is InChI=1S/C20H14F3N5O3S/c21-12-8-15(23)20-16(9-12)26-28(27-20)17-6-5-13(10-18(17)32(24,30)31)25-19(29)7-11-3-1-2-4-14(11)22/h1-6,8-10H,7H2,(H,25,29)(H2,24,30,31). The molecular weight excluding hydrogens is 447 g/mol. The number of anilines is 1. The summed E-state index contributed by atoms with van der Waals surface area (Å²) in [5.41, 5.74) is -0.321. The van der Waals surface area contributed by atoms with Crippen molar-refractivity contribution in [1.82, 2.24) is 15.0 Å². The minimum absolute atomic E-state index is 0.0630. The van der Waals surface area contributed by atoms with E-state index in [9.17, 15) is 26.4 Å². The van der Waals surface area contributed by atoms with Gasteiger partial charge in [-0.15, -0.1) is 15.0 Å². The molecule has 0 saturated carbocycles. The number of fused-ring (bicyclic) bond motifs is 1. The Morgan fingerprint density at radius 3 is 2.47 bits per heavy atom. The van der Waals surface area contributed by atoms with Crippen molar-refractivity contribution in [2.75, 3.05) is 5.32 Å². The number of hydrogen-bond donors (Lipinski definition) is 2.